The minimum absolute atomic E-state index is 0.480. The lowest BCUT2D eigenvalue weighted by Crippen LogP contribution is -2.31. The van der Waals surface area contributed by atoms with E-state index in [9.17, 15) is 0 Å². The maximum atomic E-state index is 4.60. The predicted molar refractivity (Wildman–Crippen MR) is 113 cm³/mol. The minimum Gasteiger partial charge on any atom is -0.0996 e. The van der Waals surface area contributed by atoms with Gasteiger partial charge < -0.3 is 0 Å². The van der Waals surface area contributed by atoms with Gasteiger partial charge in [0, 0.05) is 0 Å². The van der Waals surface area contributed by atoms with Crippen LogP contribution in [-0.4, -0.2) is 0 Å². The van der Waals surface area contributed by atoms with Crippen LogP contribution in [-0.2, 0) is 0 Å². The third-order valence-corrected chi connectivity index (χ3v) is 7.59. The zero-order valence-corrected chi connectivity index (χ0v) is 18.2. The van der Waals surface area contributed by atoms with Gasteiger partial charge in [-0.05, 0) is 79.4 Å². The van der Waals surface area contributed by atoms with Gasteiger partial charge in [0.1, 0.15) is 0 Å². The lowest BCUT2D eigenvalue weighted by Gasteiger charge is -2.41. The fourth-order valence-corrected chi connectivity index (χ4v) is 5.52. The summed E-state index contributed by atoms with van der Waals surface area (Å²) in [7, 11) is 0. The van der Waals surface area contributed by atoms with Gasteiger partial charge in [0.25, 0.3) is 0 Å². The zero-order chi connectivity index (χ0) is 18.6. The van der Waals surface area contributed by atoms with Crippen LogP contribution in [0.2, 0.25) is 0 Å². The van der Waals surface area contributed by atoms with Crippen LogP contribution in [0.1, 0.15) is 106 Å². The Morgan fingerprint density at radius 2 is 1.52 bits per heavy atom. The summed E-state index contributed by atoms with van der Waals surface area (Å²) in [5.41, 5.74) is 2.08. The van der Waals surface area contributed by atoms with Crippen molar-refractivity contribution in [2.24, 2.45) is 40.9 Å². The van der Waals surface area contributed by atoms with Crippen LogP contribution in [0.25, 0.3) is 0 Å². The molecule has 0 aromatic heterocycles. The molecule has 2 aliphatic rings. The van der Waals surface area contributed by atoms with Gasteiger partial charge in [-0.15, -0.1) is 0 Å². The summed E-state index contributed by atoms with van der Waals surface area (Å²) in [6.07, 6.45) is 14.2. The van der Waals surface area contributed by atoms with Crippen molar-refractivity contribution in [1.29, 1.82) is 0 Å². The van der Waals surface area contributed by atoms with Gasteiger partial charge in [-0.1, -0.05) is 79.4 Å². The summed E-state index contributed by atoms with van der Waals surface area (Å²) in [4.78, 5) is 0. The summed E-state index contributed by atoms with van der Waals surface area (Å²) in [6, 6.07) is 0. The van der Waals surface area contributed by atoms with E-state index in [1.54, 1.807) is 5.57 Å². The standard InChI is InChI=1S/C25H46/c1-18-8-11-22(12-9-18)13-10-19(2)24-17-23(14-15-25(5,6)7)20(3)16-21(24)4/h18,20-24H,2,8-17H2,1,3-7H3. The summed E-state index contributed by atoms with van der Waals surface area (Å²) >= 11 is 0. The summed E-state index contributed by atoms with van der Waals surface area (Å²) in [5.74, 6) is 5.43. The van der Waals surface area contributed by atoms with E-state index >= 15 is 0 Å². The van der Waals surface area contributed by atoms with Crippen LogP contribution < -0.4 is 0 Å². The minimum atomic E-state index is 0.480. The van der Waals surface area contributed by atoms with Gasteiger partial charge in [0.2, 0.25) is 0 Å². The Labute approximate surface area is 159 Å². The van der Waals surface area contributed by atoms with Crippen molar-refractivity contribution in [2.45, 2.75) is 106 Å². The molecule has 2 rings (SSSR count). The van der Waals surface area contributed by atoms with Crippen LogP contribution in [0.5, 0.6) is 0 Å². The monoisotopic (exact) mass is 346 g/mol. The zero-order valence-electron chi connectivity index (χ0n) is 18.2. The maximum Gasteiger partial charge on any atom is -0.0177 e. The lowest BCUT2D eigenvalue weighted by atomic mass is 9.64. The molecule has 0 saturated heterocycles. The second-order valence-electron chi connectivity index (χ2n) is 11.2. The van der Waals surface area contributed by atoms with E-state index < -0.39 is 0 Å². The van der Waals surface area contributed by atoms with Gasteiger partial charge in [-0.25, -0.2) is 0 Å². The Kier molecular flexibility index (Phi) is 7.66. The molecule has 0 heterocycles. The fraction of sp³-hybridized carbons (Fsp3) is 0.920. The molecule has 146 valence electrons. The van der Waals surface area contributed by atoms with Crippen molar-refractivity contribution in [3.8, 4) is 0 Å². The predicted octanol–water partition coefficient (Wildman–Crippen LogP) is 8.27. The second kappa shape index (κ2) is 9.09. The molecule has 0 spiro atoms. The Morgan fingerprint density at radius 1 is 0.880 bits per heavy atom. The van der Waals surface area contributed by atoms with Crippen LogP contribution in [0.3, 0.4) is 0 Å². The molecule has 0 bridgehead atoms. The van der Waals surface area contributed by atoms with E-state index in [0.717, 1.165) is 35.5 Å². The highest BCUT2D eigenvalue weighted by Crippen LogP contribution is 2.45. The first-order valence-electron chi connectivity index (χ1n) is 11.3. The Balaban J connectivity index is 1.82. The molecule has 25 heavy (non-hydrogen) atoms. The molecular weight excluding hydrogens is 300 g/mol. The van der Waals surface area contributed by atoms with E-state index in [-0.39, 0.29) is 0 Å². The average Bonchev–Trinajstić information content (AvgIpc) is 2.52. The Bertz CT molecular complexity index is 404. The van der Waals surface area contributed by atoms with Crippen molar-refractivity contribution in [1.82, 2.24) is 0 Å². The number of rotatable bonds is 6. The van der Waals surface area contributed by atoms with Gasteiger partial charge >= 0.3 is 0 Å². The highest BCUT2D eigenvalue weighted by Gasteiger charge is 2.34. The Hall–Kier alpha value is -0.260. The molecule has 2 fully saturated rings. The van der Waals surface area contributed by atoms with Crippen LogP contribution >= 0.6 is 0 Å². The summed E-state index contributed by atoms with van der Waals surface area (Å²) in [5, 5.41) is 0. The van der Waals surface area contributed by atoms with E-state index in [4.69, 9.17) is 0 Å². The highest BCUT2D eigenvalue weighted by molar-refractivity contribution is 5.05. The first-order valence-corrected chi connectivity index (χ1v) is 11.3. The van der Waals surface area contributed by atoms with Gasteiger partial charge in [0.05, 0.1) is 0 Å². The quantitative estimate of drug-likeness (QED) is 0.424. The van der Waals surface area contributed by atoms with Crippen molar-refractivity contribution in [3.63, 3.8) is 0 Å². The van der Waals surface area contributed by atoms with Crippen molar-refractivity contribution in [2.75, 3.05) is 0 Å². The van der Waals surface area contributed by atoms with E-state index in [0.29, 0.717) is 5.41 Å². The molecule has 4 atom stereocenters. The third-order valence-electron chi connectivity index (χ3n) is 7.59. The van der Waals surface area contributed by atoms with E-state index in [1.807, 2.05) is 0 Å². The normalized spacial score (nSPS) is 37.0. The molecule has 2 saturated carbocycles. The second-order valence-corrected chi connectivity index (χ2v) is 11.2. The van der Waals surface area contributed by atoms with Crippen molar-refractivity contribution in [3.05, 3.63) is 12.2 Å². The highest BCUT2D eigenvalue weighted by atomic mass is 14.4. The van der Waals surface area contributed by atoms with Gasteiger partial charge in [-0.2, -0.15) is 0 Å². The molecule has 0 amide bonds. The Morgan fingerprint density at radius 3 is 2.12 bits per heavy atom. The first kappa shape index (κ1) is 21.0. The smallest absolute Gasteiger partial charge is 0.0177 e. The molecule has 0 N–H and O–H groups in total. The molecule has 0 radical (unpaired) electrons. The first-order chi connectivity index (χ1) is 11.7. The number of hydrogen-bond donors (Lipinski definition) is 0. The van der Waals surface area contributed by atoms with Crippen LogP contribution in [0, 0.1) is 40.9 Å². The largest absolute Gasteiger partial charge is 0.0996 e. The van der Waals surface area contributed by atoms with Gasteiger partial charge in [-0.3, -0.25) is 0 Å². The van der Waals surface area contributed by atoms with Crippen molar-refractivity contribution >= 4 is 0 Å². The van der Waals surface area contributed by atoms with E-state index in [1.165, 1.54) is 64.2 Å². The molecule has 2 aliphatic carbocycles. The summed E-state index contributed by atoms with van der Waals surface area (Å²) < 4.78 is 0. The molecule has 0 aliphatic heterocycles. The lowest BCUT2D eigenvalue weighted by molar-refractivity contribution is 0.131. The summed E-state index contributed by atoms with van der Waals surface area (Å²) in [6.45, 7) is 19.2. The third kappa shape index (κ3) is 6.76. The fourth-order valence-electron chi connectivity index (χ4n) is 5.52. The van der Waals surface area contributed by atoms with Crippen molar-refractivity contribution < 1.29 is 0 Å². The molecule has 0 heteroatoms. The molecule has 4 unspecified atom stereocenters. The van der Waals surface area contributed by atoms with Gasteiger partial charge in [0.15, 0.2) is 0 Å². The number of hydrogen-bond acceptors (Lipinski definition) is 0. The van der Waals surface area contributed by atoms with E-state index in [2.05, 4.69) is 48.1 Å². The van der Waals surface area contributed by atoms with Crippen LogP contribution in [0.15, 0.2) is 12.2 Å². The average molecular weight is 347 g/mol. The SMILES string of the molecule is C=C(CCC1CCC(C)CC1)C1CC(CCC(C)(C)C)C(C)CC1C. The topological polar surface area (TPSA) is 0 Å². The molecule has 0 nitrogen and oxygen atoms in total. The molecule has 0 aromatic carbocycles. The number of allylic oxidation sites excluding steroid dienone is 1. The molecule has 0 aromatic rings. The van der Waals surface area contributed by atoms with Crippen LogP contribution in [0.4, 0.5) is 0 Å². The maximum absolute atomic E-state index is 4.60. The molecular formula is C25H46.